The maximum atomic E-state index is 13.2. The Balaban J connectivity index is 1.52. The molecule has 11 heteroatoms. The molecule has 2 aromatic heterocycles. The van der Waals surface area contributed by atoms with Crippen LogP contribution >= 0.6 is 0 Å². The van der Waals surface area contributed by atoms with Crippen LogP contribution in [0.5, 0.6) is 11.6 Å². The Labute approximate surface area is 238 Å². The van der Waals surface area contributed by atoms with E-state index >= 15 is 0 Å². The quantitative estimate of drug-likeness (QED) is 0.177. The number of benzene rings is 2. The lowest BCUT2D eigenvalue weighted by atomic mass is 10.1. The minimum absolute atomic E-state index is 0.0367. The third-order valence-corrected chi connectivity index (χ3v) is 7.16. The largest absolute Gasteiger partial charge is 0.479 e. The molecule has 5 rings (SSSR count). The van der Waals surface area contributed by atoms with Crippen molar-refractivity contribution in [1.29, 1.82) is 0 Å². The second kappa shape index (κ2) is 13.4. The predicted octanol–water partition coefficient (Wildman–Crippen LogP) is 4.53. The molecule has 220 valence electrons. The monoisotopic (exact) mass is 566 g/mol. The van der Waals surface area contributed by atoms with Crippen molar-refractivity contribution in [1.82, 2.24) is 19.7 Å². The summed E-state index contributed by atoms with van der Waals surface area (Å²) in [6.45, 7) is 3.37. The van der Waals surface area contributed by atoms with Crippen LogP contribution in [0.25, 0.3) is 33.2 Å². The Hall–Kier alpha value is -3.51. The normalized spacial score (nSPS) is 16.3. The fourth-order valence-electron chi connectivity index (χ4n) is 5.08. The summed E-state index contributed by atoms with van der Waals surface area (Å²) < 4.78 is 30.1. The third kappa shape index (κ3) is 6.70. The zero-order valence-electron chi connectivity index (χ0n) is 23.9. The van der Waals surface area contributed by atoms with Crippen LogP contribution < -0.4 is 15.0 Å². The standard InChI is InChI=1S/C30H38N4O7/c1-19(35)9-4-6-13-34-30(36)22-11-8-10-21(26(22)33-34)27-29(38-3)31-23-15-20(17-40-25-12-5-7-14-39-25)16-24(28(23)32-27)41-18-37-2/h8,10-11,15-16,19,25,33,35H,4-7,9,12-14,17-18H2,1-3H3/t19-,25?/m0/s1. The molecule has 4 aromatic rings. The molecule has 0 spiro atoms. The average molecular weight is 567 g/mol. The molecule has 2 aromatic carbocycles. The molecule has 0 saturated carbocycles. The molecule has 3 heterocycles. The van der Waals surface area contributed by atoms with Gasteiger partial charge in [0.1, 0.15) is 11.2 Å². The number of nitrogens with zero attached hydrogens (tertiary/aromatic N) is 3. The first-order valence-electron chi connectivity index (χ1n) is 14.1. The highest BCUT2D eigenvalue weighted by molar-refractivity contribution is 5.95. The van der Waals surface area contributed by atoms with E-state index in [1.165, 1.54) is 0 Å². The van der Waals surface area contributed by atoms with Crippen LogP contribution in [0.4, 0.5) is 0 Å². The number of para-hydroxylation sites is 1. The molecular formula is C30H38N4O7. The summed E-state index contributed by atoms with van der Waals surface area (Å²) in [4.78, 5) is 22.9. The number of hydrogen-bond donors (Lipinski definition) is 2. The van der Waals surface area contributed by atoms with Gasteiger partial charge in [-0.15, -0.1) is 0 Å². The number of aliphatic hydroxyl groups excluding tert-OH is 1. The van der Waals surface area contributed by atoms with E-state index in [1.807, 2.05) is 24.3 Å². The summed E-state index contributed by atoms with van der Waals surface area (Å²) in [6.07, 6.45) is 4.71. The number of methoxy groups -OCH3 is 2. The first kappa shape index (κ1) is 29.0. The number of unbranched alkanes of at least 4 members (excludes halogenated alkanes) is 1. The van der Waals surface area contributed by atoms with Crippen molar-refractivity contribution in [2.75, 3.05) is 27.6 Å². The number of aromatic amines is 1. The highest BCUT2D eigenvalue weighted by Gasteiger charge is 2.21. The molecule has 0 aliphatic carbocycles. The average Bonchev–Trinajstić information content (AvgIpc) is 3.32. The minimum Gasteiger partial charge on any atom is -0.479 e. The van der Waals surface area contributed by atoms with E-state index in [4.69, 9.17) is 33.7 Å². The van der Waals surface area contributed by atoms with Gasteiger partial charge in [0.15, 0.2) is 18.8 Å². The highest BCUT2D eigenvalue weighted by atomic mass is 16.7. The molecule has 41 heavy (non-hydrogen) atoms. The highest BCUT2D eigenvalue weighted by Crippen LogP contribution is 2.35. The number of aryl methyl sites for hydroxylation is 1. The second-order valence-corrected chi connectivity index (χ2v) is 10.3. The van der Waals surface area contributed by atoms with Gasteiger partial charge >= 0.3 is 0 Å². The number of hydrogen-bond acceptors (Lipinski definition) is 9. The maximum Gasteiger partial charge on any atom is 0.274 e. The number of aromatic nitrogens is 4. The number of ether oxygens (including phenoxy) is 5. The van der Waals surface area contributed by atoms with E-state index in [0.29, 0.717) is 71.0 Å². The van der Waals surface area contributed by atoms with Crippen molar-refractivity contribution in [3.05, 3.63) is 46.2 Å². The van der Waals surface area contributed by atoms with Crippen molar-refractivity contribution in [2.24, 2.45) is 0 Å². The van der Waals surface area contributed by atoms with Crippen LogP contribution in [0.15, 0.2) is 35.1 Å². The van der Waals surface area contributed by atoms with Gasteiger partial charge in [0.2, 0.25) is 5.88 Å². The van der Waals surface area contributed by atoms with Gasteiger partial charge in [0, 0.05) is 25.8 Å². The topological polar surface area (TPSA) is 130 Å². The Morgan fingerprint density at radius 1 is 1.20 bits per heavy atom. The number of aliphatic hydroxyl groups is 1. The van der Waals surface area contributed by atoms with Gasteiger partial charge in [-0.1, -0.05) is 12.1 Å². The van der Waals surface area contributed by atoms with Crippen molar-refractivity contribution >= 4 is 21.9 Å². The van der Waals surface area contributed by atoms with Gasteiger partial charge in [0.25, 0.3) is 5.56 Å². The van der Waals surface area contributed by atoms with Crippen molar-refractivity contribution in [2.45, 2.75) is 71.0 Å². The summed E-state index contributed by atoms with van der Waals surface area (Å²) in [6, 6.07) is 9.29. The Bertz CT molecular complexity index is 1530. The minimum atomic E-state index is -0.354. The fraction of sp³-hybridized carbons (Fsp3) is 0.500. The van der Waals surface area contributed by atoms with Gasteiger partial charge in [0.05, 0.1) is 36.2 Å². The number of H-pyrrole nitrogens is 1. The first-order chi connectivity index (χ1) is 20.0. The summed E-state index contributed by atoms with van der Waals surface area (Å²) in [7, 11) is 3.10. The molecule has 0 bridgehead atoms. The van der Waals surface area contributed by atoms with Crippen molar-refractivity contribution < 1.29 is 28.8 Å². The van der Waals surface area contributed by atoms with E-state index in [9.17, 15) is 9.90 Å². The van der Waals surface area contributed by atoms with E-state index in [2.05, 4.69) is 5.10 Å². The summed E-state index contributed by atoms with van der Waals surface area (Å²) in [5.74, 6) is 0.821. The zero-order valence-corrected chi connectivity index (χ0v) is 23.9. The van der Waals surface area contributed by atoms with E-state index in [1.54, 1.807) is 31.9 Å². The molecule has 1 aliphatic heterocycles. The Morgan fingerprint density at radius 2 is 2.07 bits per heavy atom. The van der Waals surface area contributed by atoms with Gasteiger partial charge in [-0.25, -0.2) is 9.97 Å². The van der Waals surface area contributed by atoms with E-state index in [0.717, 1.165) is 37.7 Å². The van der Waals surface area contributed by atoms with Crippen LogP contribution in [-0.2, 0) is 27.4 Å². The summed E-state index contributed by atoms with van der Waals surface area (Å²) >= 11 is 0. The molecule has 2 atom stereocenters. The number of fused-ring (bicyclic) bond motifs is 2. The number of rotatable bonds is 13. The lowest BCUT2D eigenvalue weighted by Crippen LogP contribution is -2.22. The molecule has 0 amide bonds. The summed E-state index contributed by atoms with van der Waals surface area (Å²) in [5.41, 5.74) is 3.69. The van der Waals surface area contributed by atoms with Crippen molar-refractivity contribution in [3.8, 4) is 22.9 Å². The van der Waals surface area contributed by atoms with E-state index in [-0.39, 0.29) is 24.7 Å². The molecule has 1 fully saturated rings. The van der Waals surface area contributed by atoms with Crippen molar-refractivity contribution in [3.63, 3.8) is 0 Å². The third-order valence-electron chi connectivity index (χ3n) is 7.16. The van der Waals surface area contributed by atoms with Crippen LogP contribution in [0, 0.1) is 0 Å². The van der Waals surface area contributed by atoms with Gasteiger partial charge in [-0.3, -0.25) is 14.6 Å². The number of nitrogens with one attached hydrogen (secondary N) is 1. The zero-order chi connectivity index (χ0) is 28.8. The van der Waals surface area contributed by atoms with Gasteiger partial charge in [-0.2, -0.15) is 0 Å². The SMILES string of the molecule is COCOc1cc(COC2CCCCO2)cc2nc(OC)c(-c3cccc4c(=O)n(CCCC[C@H](C)O)[nH]c34)nc12. The lowest BCUT2D eigenvalue weighted by molar-refractivity contribution is -0.168. The summed E-state index contributed by atoms with van der Waals surface area (Å²) in [5, 5.41) is 13.4. The molecule has 0 radical (unpaired) electrons. The lowest BCUT2D eigenvalue weighted by Gasteiger charge is -2.23. The molecule has 1 saturated heterocycles. The Morgan fingerprint density at radius 3 is 2.83 bits per heavy atom. The second-order valence-electron chi connectivity index (χ2n) is 10.3. The van der Waals surface area contributed by atoms with Crippen LogP contribution in [0.3, 0.4) is 0 Å². The molecule has 11 nitrogen and oxygen atoms in total. The van der Waals surface area contributed by atoms with E-state index < -0.39 is 0 Å². The Kier molecular flexibility index (Phi) is 9.50. The van der Waals surface area contributed by atoms with Crippen LogP contribution in [-0.4, -0.2) is 64.9 Å². The first-order valence-corrected chi connectivity index (χ1v) is 14.1. The predicted molar refractivity (Wildman–Crippen MR) is 154 cm³/mol. The van der Waals surface area contributed by atoms with Crippen LogP contribution in [0.1, 0.15) is 51.0 Å². The molecule has 2 N–H and O–H groups in total. The maximum absolute atomic E-state index is 13.2. The van der Waals surface area contributed by atoms with Crippen LogP contribution in [0.2, 0.25) is 0 Å². The molecular weight excluding hydrogens is 528 g/mol. The van der Waals surface area contributed by atoms with Gasteiger partial charge < -0.3 is 28.8 Å². The molecule has 1 unspecified atom stereocenters. The smallest absolute Gasteiger partial charge is 0.274 e. The fourth-order valence-corrected chi connectivity index (χ4v) is 5.08. The van der Waals surface area contributed by atoms with Gasteiger partial charge in [-0.05, 0) is 69.2 Å². The molecule has 1 aliphatic rings.